The van der Waals surface area contributed by atoms with E-state index in [2.05, 4.69) is 29.6 Å². The van der Waals surface area contributed by atoms with Crippen LogP contribution in [0.15, 0.2) is 48.5 Å². The zero-order valence-electron chi connectivity index (χ0n) is 19.0. The lowest BCUT2D eigenvalue weighted by Gasteiger charge is -2.41. The summed E-state index contributed by atoms with van der Waals surface area (Å²) >= 11 is 0. The lowest BCUT2D eigenvalue weighted by atomic mass is 9.78. The summed E-state index contributed by atoms with van der Waals surface area (Å²) in [4.78, 5) is 38.4. The van der Waals surface area contributed by atoms with Gasteiger partial charge in [0.2, 0.25) is 5.91 Å². The molecule has 34 heavy (non-hydrogen) atoms. The zero-order valence-corrected chi connectivity index (χ0v) is 19.0. The number of nitrogens with one attached hydrogen (secondary N) is 1. The number of fused-ring (bicyclic) bond motifs is 3. The van der Waals surface area contributed by atoms with Gasteiger partial charge in [0, 0.05) is 38.0 Å². The SMILES string of the molecule is CN(C(=O)C1CC(NC(=O)OCC2c3ccccc3-c3ccccc32)C1)C1(C(=O)O)CCOC1. The van der Waals surface area contributed by atoms with Crippen molar-refractivity contribution in [1.29, 1.82) is 0 Å². The molecule has 2 aromatic rings. The van der Waals surface area contributed by atoms with E-state index in [1.54, 1.807) is 0 Å². The molecule has 1 saturated carbocycles. The van der Waals surface area contributed by atoms with Crippen molar-refractivity contribution in [3.8, 4) is 11.1 Å². The molecule has 2 aliphatic carbocycles. The van der Waals surface area contributed by atoms with Gasteiger partial charge in [-0.25, -0.2) is 9.59 Å². The van der Waals surface area contributed by atoms with Gasteiger partial charge in [0.25, 0.3) is 0 Å². The van der Waals surface area contributed by atoms with Crippen LogP contribution in [0.3, 0.4) is 0 Å². The molecule has 3 aliphatic rings. The number of rotatable bonds is 6. The van der Waals surface area contributed by atoms with Crippen molar-refractivity contribution in [2.45, 2.75) is 36.8 Å². The summed E-state index contributed by atoms with van der Waals surface area (Å²) in [5, 5.41) is 12.5. The number of carbonyl (C=O) groups is 3. The monoisotopic (exact) mass is 464 g/mol. The average Bonchev–Trinajstić information content (AvgIpc) is 3.43. The van der Waals surface area contributed by atoms with Crippen LogP contribution in [0, 0.1) is 5.92 Å². The Balaban J connectivity index is 1.14. The van der Waals surface area contributed by atoms with Crippen molar-refractivity contribution >= 4 is 18.0 Å². The predicted molar refractivity (Wildman–Crippen MR) is 123 cm³/mol. The molecule has 1 saturated heterocycles. The molecule has 5 rings (SSSR count). The highest BCUT2D eigenvalue weighted by Crippen LogP contribution is 2.44. The van der Waals surface area contributed by atoms with E-state index in [9.17, 15) is 19.5 Å². The smallest absolute Gasteiger partial charge is 0.407 e. The van der Waals surface area contributed by atoms with Gasteiger partial charge in [-0.2, -0.15) is 0 Å². The van der Waals surface area contributed by atoms with Crippen molar-refractivity contribution in [3.05, 3.63) is 59.7 Å². The van der Waals surface area contributed by atoms with Gasteiger partial charge in [0.1, 0.15) is 6.61 Å². The number of carbonyl (C=O) groups excluding carboxylic acids is 2. The molecule has 2 amide bonds. The molecule has 1 heterocycles. The third-order valence-electron chi connectivity index (χ3n) is 7.52. The molecule has 2 aromatic carbocycles. The quantitative estimate of drug-likeness (QED) is 0.681. The van der Waals surface area contributed by atoms with Gasteiger partial charge in [-0.1, -0.05) is 48.5 Å². The Hall–Kier alpha value is -3.39. The number of benzene rings is 2. The summed E-state index contributed by atoms with van der Waals surface area (Å²) in [6, 6.07) is 16.1. The van der Waals surface area contributed by atoms with Crippen molar-refractivity contribution in [2.75, 3.05) is 26.9 Å². The Morgan fingerprint density at radius 2 is 1.71 bits per heavy atom. The summed E-state index contributed by atoms with van der Waals surface area (Å²) in [5.41, 5.74) is 3.34. The number of hydrogen-bond donors (Lipinski definition) is 2. The van der Waals surface area contributed by atoms with Gasteiger partial charge in [-0.15, -0.1) is 0 Å². The molecular formula is C26H28N2O6. The average molecular weight is 465 g/mol. The lowest BCUT2D eigenvalue weighted by molar-refractivity contribution is -0.161. The molecule has 2 N–H and O–H groups in total. The number of likely N-dealkylation sites (N-methyl/N-ethyl adjacent to an activating group) is 1. The van der Waals surface area contributed by atoms with Crippen LogP contribution in [0.4, 0.5) is 4.79 Å². The molecule has 1 aliphatic heterocycles. The Morgan fingerprint density at radius 1 is 1.09 bits per heavy atom. The lowest BCUT2D eigenvalue weighted by Crippen LogP contribution is -2.59. The first-order valence-corrected chi connectivity index (χ1v) is 11.6. The highest BCUT2D eigenvalue weighted by atomic mass is 16.5. The molecule has 0 bridgehead atoms. The Bertz CT molecular complexity index is 1070. The summed E-state index contributed by atoms with van der Waals surface area (Å²) < 4.78 is 10.8. The maximum absolute atomic E-state index is 12.8. The molecule has 178 valence electrons. The second kappa shape index (κ2) is 8.76. The molecule has 0 spiro atoms. The number of carboxylic acids is 1. The van der Waals surface area contributed by atoms with Gasteiger partial charge >= 0.3 is 12.1 Å². The topological polar surface area (TPSA) is 105 Å². The molecule has 1 atom stereocenters. The minimum Gasteiger partial charge on any atom is -0.479 e. The van der Waals surface area contributed by atoms with E-state index in [0.29, 0.717) is 19.4 Å². The Labute approximate surface area is 197 Å². The highest BCUT2D eigenvalue weighted by molar-refractivity contribution is 5.89. The fourth-order valence-corrected chi connectivity index (χ4v) is 5.36. The van der Waals surface area contributed by atoms with E-state index in [-0.39, 0.29) is 43.4 Å². The van der Waals surface area contributed by atoms with E-state index in [1.807, 2.05) is 24.3 Å². The number of amides is 2. The van der Waals surface area contributed by atoms with Gasteiger partial charge in [-0.05, 0) is 35.1 Å². The summed E-state index contributed by atoms with van der Waals surface area (Å²) in [6.45, 7) is 0.554. The number of carboxylic acid groups (broad SMARTS) is 1. The second-order valence-corrected chi connectivity index (χ2v) is 9.37. The molecule has 8 heteroatoms. The molecule has 8 nitrogen and oxygen atoms in total. The van der Waals surface area contributed by atoms with E-state index < -0.39 is 17.6 Å². The molecule has 2 fully saturated rings. The van der Waals surface area contributed by atoms with E-state index in [4.69, 9.17) is 9.47 Å². The fourth-order valence-electron chi connectivity index (χ4n) is 5.36. The molecule has 0 aromatic heterocycles. The first kappa shape index (κ1) is 22.4. The highest BCUT2D eigenvalue weighted by Gasteiger charge is 2.50. The van der Waals surface area contributed by atoms with Crippen LogP contribution in [-0.2, 0) is 19.1 Å². The van der Waals surface area contributed by atoms with Crippen molar-refractivity contribution < 1.29 is 29.0 Å². The largest absolute Gasteiger partial charge is 0.479 e. The van der Waals surface area contributed by atoms with Crippen LogP contribution in [-0.4, -0.2) is 66.4 Å². The predicted octanol–water partition coefficient (Wildman–Crippen LogP) is 3.01. The fraction of sp³-hybridized carbons (Fsp3) is 0.423. The minimum absolute atomic E-state index is 0.00127. The number of aliphatic carboxylic acids is 1. The number of nitrogens with zero attached hydrogens (tertiary/aromatic N) is 1. The van der Waals surface area contributed by atoms with E-state index in [1.165, 1.54) is 23.1 Å². The van der Waals surface area contributed by atoms with Crippen LogP contribution in [0.1, 0.15) is 36.3 Å². The van der Waals surface area contributed by atoms with Crippen LogP contribution >= 0.6 is 0 Å². The van der Waals surface area contributed by atoms with Crippen LogP contribution < -0.4 is 5.32 Å². The first-order valence-electron chi connectivity index (χ1n) is 11.6. The van der Waals surface area contributed by atoms with Crippen LogP contribution in [0.5, 0.6) is 0 Å². The normalized spacial score (nSPS) is 25.1. The maximum atomic E-state index is 12.8. The molecular weight excluding hydrogens is 436 g/mol. The van der Waals surface area contributed by atoms with Gasteiger partial charge in [-0.3, -0.25) is 4.79 Å². The second-order valence-electron chi connectivity index (χ2n) is 9.37. The Morgan fingerprint density at radius 3 is 2.26 bits per heavy atom. The van der Waals surface area contributed by atoms with E-state index in [0.717, 1.165) is 11.1 Å². The summed E-state index contributed by atoms with van der Waals surface area (Å²) in [7, 11) is 1.53. The van der Waals surface area contributed by atoms with E-state index >= 15 is 0 Å². The van der Waals surface area contributed by atoms with Crippen molar-refractivity contribution in [1.82, 2.24) is 10.2 Å². The minimum atomic E-state index is -1.30. The van der Waals surface area contributed by atoms with Gasteiger partial charge in [0.15, 0.2) is 5.54 Å². The third-order valence-corrected chi connectivity index (χ3v) is 7.52. The number of alkyl carbamates (subject to hydrolysis) is 1. The standard InChI is InChI=1S/C26H28N2O6/c1-28(26(24(30)31)10-11-33-15-26)23(29)16-12-17(13-16)27-25(32)34-14-22-20-8-4-2-6-18(20)19-7-3-5-9-21(19)22/h2-9,16-17,22H,10-15H2,1H3,(H,27,32)(H,30,31). The number of hydrogen-bond acceptors (Lipinski definition) is 5. The summed E-state index contributed by atoms with van der Waals surface area (Å²) in [5.74, 6) is -1.60. The van der Waals surface area contributed by atoms with Gasteiger partial charge in [0.05, 0.1) is 6.61 Å². The third kappa shape index (κ3) is 3.72. The Kier molecular flexibility index (Phi) is 5.77. The molecule has 1 unspecified atom stereocenters. The van der Waals surface area contributed by atoms with Crippen molar-refractivity contribution in [3.63, 3.8) is 0 Å². The number of ether oxygens (including phenoxy) is 2. The van der Waals surface area contributed by atoms with Crippen LogP contribution in [0.25, 0.3) is 11.1 Å². The van der Waals surface area contributed by atoms with Crippen molar-refractivity contribution in [2.24, 2.45) is 5.92 Å². The van der Waals surface area contributed by atoms with Crippen LogP contribution in [0.2, 0.25) is 0 Å². The van der Waals surface area contributed by atoms with Gasteiger partial charge < -0.3 is 24.8 Å². The zero-order chi connectivity index (χ0) is 23.9. The first-order chi connectivity index (χ1) is 16.4. The maximum Gasteiger partial charge on any atom is 0.407 e. The molecule has 0 radical (unpaired) electrons. The summed E-state index contributed by atoms with van der Waals surface area (Å²) in [6.07, 6.45) is 0.698.